The van der Waals surface area contributed by atoms with Gasteiger partial charge in [0.05, 0.1) is 18.2 Å². The maximum absolute atomic E-state index is 12.9. The number of ketones is 2. The number of Topliss-reactive ketones (excluding diaryl/α,β-unsaturated/α-hetero) is 2. The molecule has 0 fully saturated rings. The van der Waals surface area contributed by atoms with Gasteiger partial charge in [-0.2, -0.15) is 0 Å². The zero-order valence-electron chi connectivity index (χ0n) is 12.7. The summed E-state index contributed by atoms with van der Waals surface area (Å²) in [4.78, 5) is 25.8. The van der Waals surface area contributed by atoms with Crippen LogP contribution in [-0.2, 0) is 4.74 Å². The minimum absolute atomic E-state index is 0.0110. The highest BCUT2D eigenvalue weighted by Crippen LogP contribution is 2.38. The first-order chi connectivity index (χ1) is 11.6. The third-order valence-corrected chi connectivity index (χ3v) is 4.03. The Morgan fingerprint density at radius 2 is 1.75 bits per heavy atom. The molecule has 0 spiro atoms. The van der Waals surface area contributed by atoms with Crippen molar-refractivity contribution in [3.8, 4) is 5.75 Å². The fourth-order valence-corrected chi connectivity index (χ4v) is 2.98. The van der Waals surface area contributed by atoms with Gasteiger partial charge in [-0.15, -0.1) is 0 Å². The second kappa shape index (κ2) is 5.09. The summed E-state index contributed by atoms with van der Waals surface area (Å²) in [6, 6.07) is 13.2. The Hall–Kier alpha value is -3.34. The molecule has 1 aliphatic rings. The molecule has 118 valence electrons. The number of hydrogen-bond donors (Lipinski definition) is 1. The Morgan fingerprint density at radius 1 is 1.00 bits per heavy atom. The van der Waals surface area contributed by atoms with Gasteiger partial charge in [0.15, 0.2) is 11.5 Å². The maximum atomic E-state index is 12.9. The van der Waals surface area contributed by atoms with Crippen LogP contribution in [0.3, 0.4) is 0 Å². The smallest absolute Gasteiger partial charge is 0.233 e. The van der Waals surface area contributed by atoms with E-state index in [1.807, 2.05) is 6.07 Å². The normalized spacial score (nSPS) is 14.2. The molecule has 0 radical (unpaired) electrons. The second-order valence-corrected chi connectivity index (χ2v) is 5.42. The van der Waals surface area contributed by atoms with Crippen LogP contribution in [0.5, 0.6) is 5.75 Å². The van der Waals surface area contributed by atoms with Gasteiger partial charge >= 0.3 is 0 Å². The fourth-order valence-electron chi connectivity index (χ4n) is 2.98. The number of furan rings is 1. The van der Waals surface area contributed by atoms with Crippen LogP contribution in [0.15, 0.2) is 58.7 Å². The van der Waals surface area contributed by atoms with Crippen molar-refractivity contribution in [1.29, 1.82) is 0 Å². The van der Waals surface area contributed by atoms with Crippen molar-refractivity contribution >= 4 is 28.1 Å². The predicted octanol–water partition coefficient (Wildman–Crippen LogP) is 3.58. The minimum Gasteiger partial charge on any atom is -0.508 e. The lowest BCUT2D eigenvalue weighted by Crippen LogP contribution is -2.21. The first kappa shape index (κ1) is 14.3. The van der Waals surface area contributed by atoms with E-state index in [0.29, 0.717) is 16.5 Å². The lowest BCUT2D eigenvalue weighted by atomic mass is 9.88. The lowest BCUT2D eigenvalue weighted by molar-refractivity contribution is 0.0916. The van der Waals surface area contributed by atoms with Gasteiger partial charge in [0, 0.05) is 5.39 Å². The topological polar surface area (TPSA) is 76.7 Å². The van der Waals surface area contributed by atoms with Crippen molar-refractivity contribution in [2.45, 2.75) is 0 Å². The Morgan fingerprint density at radius 3 is 2.46 bits per heavy atom. The molecule has 3 aromatic rings. The van der Waals surface area contributed by atoms with Gasteiger partial charge in [0.25, 0.3) is 0 Å². The van der Waals surface area contributed by atoms with Crippen LogP contribution in [0, 0.1) is 0 Å². The average molecular weight is 320 g/mol. The molecule has 0 bridgehead atoms. The number of rotatable bonds is 2. The zero-order valence-corrected chi connectivity index (χ0v) is 12.7. The highest BCUT2D eigenvalue weighted by molar-refractivity contribution is 6.41. The number of carbonyl (C=O) groups excluding carboxylic acids is 2. The van der Waals surface area contributed by atoms with Crippen molar-refractivity contribution in [3.63, 3.8) is 0 Å². The number of phenols is 1. The number of carbonyl (C=O) groups is 2. The van der Waals surface area contributed by atoms with Crippen molar-refractivity contribution in [3.05, 3.63) is 71.2 Å². The molecule has 24 heavy (non-hydrogen) atoms. The molecule has 1 aliphatic carbocycles. The van der Waals surface area contributed by atoms with Gasteiger partial charge in [0.1, 0.15) is 11.3 Å². The lowest BCUT2D eigenvalue weighted by Gasteiger charge is -2.17. The van der Waals surface area contributed by atoms with E-state index >= 15 is 0 Å². The number of methoxy groups -OCH3 is 1. The monoisotopic (exact) mass is 320 g/mol. The molecule has 1 heterocycles. The number of ether oxygens (including phenoxy) is 1. The first-order valence-corrected chi connectivity index (χ1v) is 7.30. The summed E-state index contributed by atoms with van der Waals surface area (Å²) in [5, 5.41) is 10.1. The Balaban J connectivity index is 2.02. The van der Waals surface area contributed by atoms with E-state index in [0.717, 1.165) is 0 Å². The highest BCUT2D eigenvalue weighted by Gasteiger charge is 2.38. The Bertz CT molecular complexity index is 1020. The van der Waals surface area contributed by atoms with Crippen molar-refractivity contribution in [2.75, 3.05) is 7.11 Å². The quantitative estimate of drug-likeness (QED) is 0.781. The van der Waals surface area contributed by atoms with Crippen LogP contribution in [0.1, 0.15) is 26.5 Å². The van der Waals surface area contributed by atoms with Crippen LogP contribution in [0.2, 0.25) is 0 Å². The first-order valence-electron chi connectivity index (χ1n) is 7.30. The SMILES string of the molecule is COC1=C(c2ccccc2)C(=O)c2oc3ccc(O)cc3c2C1=O. The van der Waals surface area contributed by atoms with E-state index in [1.165, 1.54) is 25.3 Å². The van der Waals surface area contributed by atoms with Gasteiger partial charge in [-0.1, -0.05) is 30.3 Å². The van der Waals surface area contributed by atoms with Crippen LogP contribution in [0.25, 0.3) is 16.5 Å². The molecule has 0 saturated carbocycles. The van der Waals surface area contributed by atoms with Gasteiger partial charge in [-0.05, 0) is 23.8 Å². The van der Waals surface area contributed by atoms with E-state index in [-0.39, 0.29) is 28.4 Å². The standard InChI is InChI=1S/C19H12O5/c1-23-18-14(10-5-3-2-4-6-10)16(21)19-15(17(18)22)12-9-11(20)7-8-13(12)24-19/h2-9,20H,1H3. The molecule has 0 unspecified atom stereocenters. The Kier molecular flexibility index (Phi) is 3.03. The third-order valence-electron chi connectivity index (χ3n) is 4.03. The summed E-state index contributed by atoms with van der Waals surface area (Å²) in [5.41, 5.74) is 1.26. The van der Waals surface area contributed by atoms with Crippen molar-refractivity contribution in [2.24, 2.45) is 0 Å². The van der Waals surface area contributed by atoms with E-state index in [2.05, 4.69) is 0 Å². The fraction of sp³-hybridized carbons (Fsp3) is 0.0526. The molecular weight excluding hydrogens is 308 g/mol. The molecule has 0 aliphatic heterocycles. The van der Waals surface area contributed by atoms with Crippen LogP contribution >= 0.6 is 0 Å². The summed E-state index contributed by atoms with van der Waals surface area (Å²) in [6.45, 7) is 0. The highest BCUT2D eigenvalue weighted by atomic mass is 16.5. The average Bonchev–Trinajstić information content (AvgIpc) is 2.97. The van der Waals surface area contributed by atoms with Crippen molar-refractivity contribution in [1.82, 2.24) is 0 Å². The molecule has 1 aromatic heterocycles. The predicted molar refractivity (Wildman–Crippen MR) is 86.9 cm³/mol. The summed E-state index contributed by atoms with van der Waals surface area (Å²) in [7, 11) is 1.36. The Labute approximate surface area is 136 Å². The molecule has 5 nitrogen and oxygen atoms in total. The van der Waals surface area contributed by atoms with Crippen LogP contribution < -0.4 is 0 Å². The molecule has 4 rings (SSSR count). The summed E-state index contributed by atoms with van der Waals surface area (Å²) in [5.74, 6) is -0.910. The summed E-state index contributed by atoms with van der Waals surface area (Å²) < 4.78 is 10.9. The number of aromatic hydroxyl groups is 1. The van der Waals surface area contributed by atoms with E-state index in [4.69, 9.17) is 9.15 Å². The van der Waals surface area contributed by atoms with Crippen LogP contribution in [-0.4, -0.2) is 23.8 Å². The number of allylic oxidation sites excluding steroid dienone is 2. The van der Waals surface area contributed by atoms with E-state index < -0.39 is 11.6 Å². The number of phenolic OH excluding ortho intramolecular Hbond substituents is 1. The largest absolute Gasteiger partial charge is 0.508 e. The molecule has 0 saturated heterocycles. The molecule has 2 aromatic carbocycles. The van der Waals surface area contributed by atoms with Gasteiger partial charge in [-0.3, -0.25) is 9.59 Å². The second-order valence-electron chi connectivity index (χ2n) is 5.42. The van der Waals surface area contributed by atoms with Crippen molar-refractivity contribution < 1.29 is 23.8 Å². The third kappa shape index (κ3) is 1.88. The number of fused-ring (bicyclic) bond motifs is 3. The molecule has 5 heteroatoms. The van der Waals surface area contributed by atoms with E-state index in [1.54, 1.807) is 24.3 Å². The van der Waals surface area contributed by atoms with Gasteiger partial charge in [0.2, 0.25) is 11.6 Å². The van der Waals surface area contributed by atoms with E-state index in [9.17, 15) is 14.7 Å². The molecule has 0 atom stereocenters. The molecular formula is C19H12O5. The zero-order chi connectivity index (χ0) is 16.8. The maximum Gasteiger partial charge on any atom is 0.233 e. The van der Waals surface area contributed by atoms with Gasteiger partial charge in [-0.25, -0.2) is 0 Å². The minimum atomic E-state index is -0.435. The molecule has 1 N–H and O–H groups in total. The number of hydrogen-bond acceptors (Lipinski definition) is 5. The summed E-state index contributed by atoms with van der Waals surface area (Å²) >= 11 is 0. The van der Waals surface area contributed by atoms with Gasteiger partial charge < -0.3 is 14.3 Å². The van der Waals surface area contributed by atoms with Crippen LogP contribution in [0.4, 0.5) is 0 Å². The number of benzene rings is 2. The molecule has 0 amide bonds. The summed E-state index contributed by atoms with van der Waals surface area (Å²) in [6.07, 6.45) is 0.